The minimum absolute atomic E-state index is 0.412. The summed E-state index contributed by atoms with van der Waals surface area (Å²) in [6.07, 6.45) is 0.816. The van der Waals surface area contributed by atoms with Crippen LogP contribution in [0, 0.1) is 0 Å². The minimum atomic E-state index is -0.560. The molecule has 2 rings (SSSR count). The van der Waals surface area contributed by atoms with Gasteiger partial charge >= 0.3 is 0 Å². The Morgan fingerprint density at radius 2 is 1.94 bits per heavy atom. The zero-order valence-electron chi connectivity index (χ0n) is 11.7. The fourth-order valence-electron chi connectivity index (χ4n) is 2.45. The Morgan fingerprint density at radius 3 is 2.44 bits per heavy atom. The zero-order valence-corrected chi connectivity index (χ0v) is 11.7. The van der Waals surface area contributed by atoms with Gasteiger partial charge in [-0.1, -0.05) is 20.8 Å². The van der Waals surface area contributed by atoms with Gasteiger partial charge in [0.2, 0.25) is 0 Å². The molecule has 1 aliphatic heterocycles. The second-order valence-corrected chi connectivity index (χ2v) is 4.91. The summed E-state index contributed by atoms with van der Waals surface area (Å²) in [6.45, 7) is 7.74. The summed E-state index contributed by atoms with van der Waals surface area (Å²) >= 11 is 0. The summed E-state index contributed by atoms with van der Waals surface area (Å²) in [6, 6.07) is 6.20. The average molecular weight is 250 g/mol. The predicted molar refractivity (Wildman–Crippen MR) is 71.0 cm³/mol. The van der Waals surface area contributed by atoms with Crippen molar-refractivity contribution in [1.29, 1.82) is 0 Å². The molecule has 3 nitrogen and oxygen atoms in total. The summed E-state index contributed by atoms with van der Waals surface area (Å²) in [5, 5.41) is 0. The molecule has 0 aliphatic carbocycles. The van der Waals surface area contributed by atoms with Crippen molar-refractivity contribution in [3.05, 3.63) is 29.3 Å². The van der Waals surface area contributed by atoms with Crippen molar-refractivity contribution < 1.29 is 14.2 Å². The van der Waals surface area contributed by atoms with Crippen LogP contribution in [0.1, 0.15) is 44.2 Å². The molecule has 1 aromatic carbocycles. The fourth-order valence-corrected chi connectivity index (χ4v) is 2.45. The molecule has 0 radical (unpaired) electrons. The van der Waals surface area contributed by atoms with Crippen molar-refractivity contribution in [2.24, 2.45) is 0 Å². The Morgan fingerprint density at radius 1 is 1.28 bits per heavy atom. The van der Waals surface area contributed by atoms with Crippen LogP contribution in [0.15, 0.2) is 18.2 Å². The quantitative estimate of drug-likeness (QED) is 0.819. The van der Waals surface area contributed by atoms with E-state index in [1.165, 1.54) is 5.56 Å². The maximum atomic E-state index is 5.82. The van der Waals surface area contributed by atoms with Crippen LogP contribution >= 0.6 is 0 Å². The molecule has 0 saturated carbocycles. The first kappa shape index (κ1) is 13.4. The summed E-state index contributed by atoms with van der Waals surface area (Å²) in [7, 11) is 1.71. The average Bonchev–Trinajstić information content (AvgIpc) is 2.87. The normalized spacial score (nSPS) is 18.3. The van der Waals surface area contributed by atoms with E-state index in [0.717, 1.165) is 17.7 Å². The predicted octanol–water partition coefficient (Wildman–Crippen LogP) is 3.43. The molecule has 0 bridgehead atoms. The van der Waals surface area contributed by atoms with Crippen LogP contribution in [0.5, 0.6) is 5.75 Å². The Kier molecular flexibility index (Phi) is 3.93. The third kappa shape index (κ3) is 2.25. The fraction of sp³-hybridized carbons (Fsp3) is 0.600. The van der Waals surface area contributed by atoms with Crippen LogP contribution < -0.4 is 4.74 Å². The van der Waals surface area contributed by atoms with Crippen LogP contribution in [-0.4, -0.2) is 20.3 Å². The molecular formula is C15H22O3. The van der Waals surface area contributed by atoms with Gasteiger partial charge in [-0.15, -0.1) is 0 Å². The van der Waals surface area contributed by atoms with E-state index in [2.05, 4.69) is 26.8 Å². The molecule has 1 saturated heterocycles. The standard InChI is InChI=1S/C15H22O3/c1-5-15(17-8-9-18-15)12-6-7-14(16-4)13(10-12)11(2)3/h6-7,10-11H,5,8-9H2,1-4H3. The van der Waals surface area contributed by atoms with Crippen molar-refractivity contribution in [3.63, 3.8) is 0 Å². The lowest BCUT2D eigenvalue weighted by Gasteiger charge is -2.27. The van der Waals surface area contributed by atoms with Gasteiger partial charge in [0.05, 0.1) is 20.3 Å². The second-order valence-electron chi connectivity index (χ2n) is 4.91. The minimum Gasteiger partial charge on any atom is -0.496 e. The van der Waals surface area contributed by atoms with E-state index in [1.807, 2.05) is 12.1 Å². The lowest BCUT2D eigenvalue weighted by molar-refractivity contribution is -0.167. The third-order valence-electron chi connectivity index (χ3n) is 3.51. The molecule has 1 aliphatic rings. The van der Waals surface area contributed by atoms with Crippen molar-refractivity contribution >= 4 is 0 Å². The molecule has 0 atom stereocenters. The Balaban J connectivity index is 2.42. The summed E-state index contributed by atoms with van der Waals surface area (Å²) in [4.78, 5) is 0. The third-order valence-corrected chi connectivity index (χ3v) is 3.51. The molecule has 0 N–H and O–H groups in total. The van der Waals surface area contributed by atoms with Gasteiger partial charge < -0.3 is 14.2 Å². The maximum absolute atomic E-state index is 5.82. The van der Waals surface area contributed by atoms with Crippen molar-refractivity contribution in [2.75, 3.05) is 20.3 Å². The Labute approximate surface area is 109 Å². The van der Waals surface area contributed by atoms with E-state index in [-0.39, 0.29) is 0 Å². The van der Waals surface area contributed by atoms with E-state index in [9.17, 15) is 0 Å². The Hall–Kier alpha value is -1.06. The lowest BCUT2D eigenvalue weighted by Crippen LogP contribution is -2.26. The first-order chi connectivity index (χ1) is 8.63. The van der Waals surface area contributed by atoms with E-state index in [1.54, 1.807) is 7.11 Å². The molecule has 0 aromatic heterocycles. The van der Waals surface area contributed by atoms with Crippen molar-refractivity contribution in [1.82, 2.24) is 0 Å². The number of methoxy groups -OCH3 is 1. The molecule has 1 heterocycles. The van der Waals surface area contributed by atoms with Gasteiger partial charge in [-0.2, -0.15) is 0 Å². The van der Waals surface area contributed by atoms with E-state index < -0.39 is 5.79 Å². The van der Waals surface area contributed by atoms with Crippen LogP contribution in [-0.2, 0) is 15.3 Å². The molecule has 100 valence electrons. The maximum Gasteiger partial charge on any atom is 0.194 e. The van der Waals surface area contributed by atoms with Crippen LogP contribution in [0.2, 0.25) is 0 Å². The smallest absolute Gasteiger partial charge is 0.194 e. The number of hydrogen-bond acceptors (Lipinski definition) is 3. The molecule has 1 aromatic rings. The largest absolute Gasteiger partial charge is 0.496 e. The van der Waals surface area contributed by atoms with Gasteiger partial charge in [0.1, 0.15) is 5.75 Å². The highest BCUT2D eigenvalue weighted by atomic mass is 16.7. The van der Waals surface area contributed by atoms with E-state index in [0.29, 0.717) is 19.1 Å². The molecule has 0 spiro atoms. The van der Waals surface area contributed by atoms with Gasteiger partial charge in [0.25, 0.3) is 0 Å². The van der Waals surface area contributed by atoms with Crippen LogP contribution in [0.25, 0.3) is 0 Å². The van der Waals surface area contributed by atoms with E-state index in [4.69, 9.17) is 14.2 Å². The van der Waals surface area contributed by atoms with Gasteiger partial charge in [0.15, 0.2) is 5.79 Å². The van der Waals surface area contributed by atoms with Gasteiger partial charge in [-0.3, -0.25) is 0 Å². The van der Waals surface area contributed by atoms with Crippen molar-refractivity contribution in [2.45, 2.75) is 38.9 Å². The molecule has 1 fully saturated rings. The molecule has 3 heteroatoms. The Bertz CT molecular complexity index is 406. The molecule has 0 unspecified atom stereocenters. The summed E-state index contributed by atoms with van der Waals surface area (Å²) in [5.74, 6) is 0.781. The number of hydrogen-bond donors (Lipinski definition) is 0. The summed E-state index contributed by atoms with van der Waals surface area (Å²) in [5.41, 5.74) is 2.29. The van der Waals surface area contributed by atoms with Crippen molar-refractivity contribution in [3.8, 4) is 5.75 Å². The van der Waals surface area contributed by atoms with Gasteiger partial charge in [0, 0.05) is 12.0 Å². The summed E-state index contributed by atoms with van der Waals surface area (Å²) < 4.78 is 17.1. The molecule has 18 heavy (non-hydrogen) atoms. The highest BCUT2D eigenvalue weighted by Gasteiger charge is 2.37. The molecular weight excluding hydrogens is 228 g/mol. The first-order valence-electron chi connectivity index (χ1n) is 6.59. The van der Waals surface area contributed by atoms with Gasteiger partial charge in [-0.25, -0.2) is 0 Å². The number of ether oxygens (including phenoxy) is 3. The zero-order chi connectivity index (χ0) is 13.2. The monoisotopic (exact) mass is 250 g/mol. The molecule has 0 amide bonds. The van der Waals surface area contributed by atoms with Gasteiger partial charge in [-0.05, 0) is 29.7 Å². The number of benzene rings is 1. The van der Waals surface area contributed by atoms with Crippen LogP contribution in [0.4, 0.5) is 0 Å². The van der Waals surface area contributed by atoms with Crippen LogP contribution in [0.3, 0.4) is 0 Å². The lowest BCUT2D eigenvalue weighted by atomic mass is 9.95. The van der Waals surface area contributed by atoms with E-state index >= 15 is 0 Å². The second kappa shape index (κ2) is 5.29. The SMILES string of the molecule is CCC1(c2ccc(OC)c(C(C)C)c2)OCCO1. The topological polar surface area (TPSA) is 27.7 Å². The first-order valence-corrected chi connectivity index (χ1v) is 6.59. The number of rotatable bonds is 4. The highest BCUT2D eigenvalue weighted by Crippen LogP contribution is 2.38. The highest BCUT2D eigenvalue weighted by molar-refractivity contribution is 5.41.